The summed E-state index contributed by atoms with van der Waals surface area (Å²) in [5, 5.41) is 0.961. The first-order chi connectivity index (χ1) is 10.4. The molecule has 2 aromatic rings. The fourth-order valence-corrected chi connectivity index (χ4v) is 4.14. The van der Waals surface area contributed by atoms with E-state index in [0.717, 1.165) is 21.6 Å². The molecule has 8 heteroatoms. The molecule has 0 atom stereocenters. The number of carbonyl (C=O) groups excluding carboxylic acids is 1. The number of thiazole rings is 1. The molecule has 1 aromatic carbocycles. The van der Waals surface area contributed by atoms with Crippen molar-refractivity contribution in [2.24, 2.45) is 5.92 Å². The Bertz CT molecular complexity index is 760. The highest BCUT2D eigenvalue weighted by Gasteiger charge is 2.27. The smallest absolute Gasteiger partial charge is 0.236 e. The number of fused-ring (bicyclic) bond motifs is 1. The summed E-state index contributed by atoms with van der Waals surface area (Å²) in [4.78, 5) is 18.7. The van der Waals surface area contributed by atoms with Crippen molar-refractivity contribution in [2.75, 3.05) is 24.2 Å². The quantitative estimate of drug-likeness (QED) is 0.918. The third-order valence-corrected chi connectivity index (χ3v) is 5.37. The molecule has 1 N–H and O–H groups in total. The highest BCUT2D eigenvalue weighted by atomic mass is 32.2. The SMILES string of the molecule is CS(=O)(=O)NC(=O)C1CCN(c2nc3ccccc3s2)CC1. The van der Waals surface area contributed by atoms with Crippen LogP contribution >= 0.6 is 11.3 Å². The normalized spacial score (nSPS) is 16.9. The molecule has 1 aromatic heterocycles. The molecule has 1 fully saturated rings. The predicted octanol–water partition coefficient (Wildman–Crippen LogP) is 1.59. The molecule has 6 nitrogen and oxygen atoms in total. The molecule has 1 aliphatic heterocycles. The van der Waals surface area contributed by atoms with Gasteiger partial charge in [0.25, 0.3) is 0 Å². The zero-order valence-electron chi connectivity index (χ0n) is 12.2. The molecule has 0 radical (unpaired) electrons. The molecule has 0 bridgehead atoms. The van der Waals surface area contributed by atoms with Crippen molar-refractivity contribution < 1.29 is 13.2 Å². The number of anilines is 1. The van der Waals surface area contributed by atoms with Crippen molar-refractivity contribution in [1.29, 1.82) is 0 Å². The van der Waals surface area contributed by atoms with Gasteiger partial charge in [0, 0.05) is 19.0 Å². The summed E-state index contributed by atoms with van der Waals surface area (Å²) in [6, 6.07) is 7.99. The maximum atomic E-state index is 11.9. The number of piperidine rings is 1. The van der Waals surface area contributed by atoms with E-state index in [-0.39, 0.29) is 5.92 Å². The average molecular weight is 339 g/mol. The van der Waals surface area contributed by atoms with Gasteiger partial charge in [0.1, 0.15) is 0 Å². The van der Waals surface area contributed by atoms with E-state index in [1.54, 1.807) is 11.3 Å². The lowest BCUT2D eigenvalue weighted by atomic mass is 9.97. The standard InChI is InChI=1S/C14H17N3O3S2/c1-22(19,20)16-13(18)10-6-8-17(9-7-10)14-15-11-4-2-3-5-12(11)21-14/h2-5,10H,6-9H2,1H3,(H,16,18). The lowest BCUT2D eigenvalue weighted by Crippen LogP contribution is -2.42. The van der Waals surface area contributed by atoms with Gasteiger partial charge < -0.3 is 4.90 Å². The van der Waals surface area contributed by atoms with Crippen molar-refractivity contribution in [3.63, 3.8) is 0 Å². The highest BCUT2D eigenvalue weighted by Crippen LogP contribution is 2.31. The van der Waals surface area contributed by atoms with Gasteiger partial charge in [-0.05, 0) is 25.0 Å². The number of para-hydroxylation sites is 1. The molecule has 22 heavy (non-hydrogen) atoms. The number of amides is 1. The number of sulfonamides is 1. The lowest BCUT2D eigenvalue weighted by molar-refractivity contribution is -0.123. The molecule has 1 saturated heterocycles. The van der Waals surface area contributed by atoms with Crippen molar-refractivity contribution in [2.45, 2.75) is 12.8 Å². The summed E-state index contributed by atoms with van der Waals surface area (Å²) in [5.41, 5.74) is 0.986. The molecule has 118 valence electrons. The summed E-state index contributed by atoms with van der Waals surface area (Å²) in [6.07, 6.45) is 2.27. The van der Waals surface area contributed by atoms with Crippen molar-refractivity contribution in [3.05, 3.63) is 24.3 Å². The van der Waals surface area contributed by atoms with Crippen LogP contribution in [-0.2, 0) is 14.8 Å². The van der Waals surface area contributed by atoms with E-state index in [2.05, 4.69) is 14.6 Å². The van der Waals surface area contributed by atoms with Crippen molar-refractivity contribution >= 4 is 42.6 Å². The molecular weight excluding hydrogens is 322 g/mol. The average Bonchev–Trinajstić information content (AvgIpc) is 2.89. The Morgan fingerprint density at radius 3 is 2.64 bits per heavy atom. The number of hydrogen-bond acceptors (Lipinski definition) is 6. The third-order valence-electron chi connectivity index (χ3n) is 3.70. The minimum atomic E-state index is -3.48. The molecule has 0 unspecified atom stereocenters. The molecule has 0 spiro atoms. The zero-order chi connectivity index (χ0) is 15.7. The van der Waals surface area contributed by atoms with Crippen LogP contribution in [0.4, 0.5) is 5.13 Å². The fraction of sp³-hybridized carbons (Fsp3) is 0.429. The second-order valence-electron chi connectivity index (χ2n) is 5.46. The molecule has 2 heterocycles. The van der Waals surface area contributed by atoms with Crippen molar-refractivity contribution in [3.8, 4) is 0 Å². The van der Waals surface area contributed by atoms with E-state index < -0.39 is 15.9 Å². The molecule has 0 aliphatic carbocycles. The summed E-state index contributed by atoms with van der Waals surface area (Å²) >= 11 is 1.64. The topological polar surface area (TPSA) is 79.4 Å². The van der Waals surface area contributed by atoms with Gasteiger partial charge in [-0.25, -0.2) is 13.4 Å². The van der Waals surface area contributed by atoms with Gasteiger partial charge in [0.15, 0.2) is 5.13 Å². The minimum Gasteiger partial charge on any atom is -0.348 e. The number of hydrogen-bond donors (Lipinski definition) is 1. The van der Waals surface area contributed by atoms with Crippen LogP contribution < -0.4 is 9.62 Å². The van der Waals surface area contributed by atoms with Crippen LogP contribution in [0.5, 0.6) is 0 Å². The number of nitrogens with one attached hydrogen (secondary N) is 1. The minimum absolute atomic E-state index is 0.250. The number of benzene rings is 1. The van der Waals surface area contributed by atoms with E-state index in [1.807, 2.05) is 24.3 Å². The summed E-state index contributed by atoms with van der Waals surface area (Å²) in [6.45, 7) is 1.42. The Labute approximate surface area is 133 Å². The summed E-state index contributed by atoms with van der Waals surface area (Å²) in [7, 11) is -3.48. The number of carbonyl (C=O) groups is 1. The Balaban J connectivity index is 1.65. The molecular formula is C14H17N3O3S2. The van der Waals surface area contributed by atoms with E-state index in [1.165, 1.54) is 0 Å². The van der Waals surface area contributed by atoms with Gasteiger partial charge in [0.2, 0.25) is 15.9 Å². The highest BCUT2D eigenvalue weighted by molar-refractivity contribution is 7.89. The second kappa shape index (κ2) is 5.85. The zero-order valence-corrected chi connectivity index (χ0v) is 13.8. The first-order valence-corrected chi connectivity index (χ1v) is 9.75. The van der Waals surface area contributed by atoms with Crippen LogP contribution in [0.2, 0.25) is 0 Å². The van der Waals surface area contributed by atoms with Gasteiger partial charge in [-0.2, -0.15) is 0 Å². The van der Waals surface area contributed by atoms with Gasteiger partial charge in [-0.3, -0.25) is 9.52 Å². The monoisotopic (exact) mass is 339 g/mol. The lowest BCUT2D eigenvalue weighted by Gasteiger charge is -2.30. The maximum Gasteiger partial charge on any atom is 0.236 e. The van der Waals surface area contributed by atoms with E-state index in [4.69, 9.17) is 0 Å². The second-order valence-corrected chi connectivity index (χ2v) is 8.22. The molecule has 1 aliphatic rings. The van der Waals surface area contributed by atoms with Gasteiger partial charge in [-0.15, -0.1) is 0 Å². The third kappa shape index (κ3) is 3.38. The van der Waals surface area contributed by atoms with Crippen LogP contribution in [0.15, 0.2) is 24.3 Å². The fourth-order valence-electron chi connectivity index (χ4n) is 2.59. The largest absolute Gasteiger partial charge is 0.348 e. The van der Waals surface area contributed by atoms with Crippen LogP contribution in [0.3, 0.4) is 0 Å². The van der Waals surface area contributed by atoms with E-state index in [9.17, 15) is 13.2 Å². The number of aromatic nitrogens is 1. The summed E-state index contributed by atoms with van der Waals surface area (Å²) < 4.78 is 25.5. The van der Waals surface area contributed by atoms with Crippen LogP contribution in [0.1, 0.15) is 12.8 Å². The van der Waals surface area contributed by atoms with Crippen molar-refractivity contribution in [1.82, 2.24) is 9.71 Å². The van der Waals surface area contributed by atoms with Gasteiger partial charge in [-0.1, -0.05) is 23.5 Å². The van der Waals surface area contributed by atoms with E-state index >= 15 is 0 Å². The first-order valence-electron chi connectivity index (χ1n) is 7.04. The van der Waals surface area contributed by atoms with Crippen LogP contribution in [0.25, 0.3) is 10.2 Å². The Kier molecular flexibility index (Phi) is 4.05. The maximum absolute atomic E-state index is 11.9. The summed E-state index contributed by atoms with van der Waals surface area (Å²) in [5.74, 6) is -0.646. The number of nitrogens with zero attached hydrogens (tertiary/aromatic N) is 2. The Morgan fingerprint density at radius 1 is 1.32 bits per heavy atom. The van der Waals surface area contributed by atoms with Gasteiger partial charge in [0.05, 0.1) is 16.5 Å². The van der Waals surface area contributed by atoms with Crippen LogP contribution in [0, 0.1) is 5.92 Å². The Hall–Kier alpha value is -1.67. The van der Waals surface area contributed by atoms with E-state index in [0.29, 0.717) is 25.9 Å². The molecule has 0 saturated carbocycles. The predicted molar refractivity (Wildman–Crippen MR) is 87.5 cm³/mol. The number of rotatable bonds is 3. The van der Waals surface area contributed by atoms with Crippen LogP contribution in [-0.4, -0.2) is 38.7 Å². The van der Waals surface area contributed by atoms with Gasteiger partial charge >= 0.3 is 0 Å². The first kappa shape index (κ1) is 15.2. The molecule has 1 amide bonds. The molecule has 3 rings (SSSR count). The Morgan fingerprint density at radius 2 is 2.00 bits per heavy atom.